The van der Waals surface area contributed by atoms with Crippen LogP contribution in [0.4, 0.5) is 4.39 Å². The van der Waals surface area contributed by atoms with E-state index in [0.29, 0.717) is 24.5 Å². The molecule has 0 bridgehead atoms. The molecule has 0 aliphatic rings. The Labute approximate surface area is 110 Å². The van der Waals surface area contributed by atoms with Gasteiger partial charge in [0.15, 0.2) is 0 Å². The highest BCUT2D eigenvalue weighted by atomic mass is 19.1. The maximum atomic E-state index is 13.0. The van der Waals surface area contributed by atoms with Crippen LogP contribution in [0.1, 0.15) is 32.3 Å². The zero-order valence-electron chi connectivity index (χ0n) is 11.7. The normalized spacial score (nSPS) is 14.8. The number of halogens is 1. The summed E-state index contributed by atoms with van der Waals surface area (Å²) in [6.07, 6.45) is 0. The third-order valence-corrected chi connectivity index (χ3v) is 3.16. The molecule has 0 fully saturated rings. The van der Waals surface area contributed by atoms with Crippen molar-refractivity contribution >= 4 is 0 Å². The van der Waals surface area contributed by atoms with Crippen LogP contribution >= 0.6 is 0 Å². The van der Waals surface area contributed by atoms with Crippen molar-refractivity contribution in [2.45, 2.75) is 32.7 Å². The van der Waals surface area contributed by atoms with Crippen molar-refractivity contribution < 1.29 is 9.13 Å². The SMILES string of the molecule is COCC(C)C(CNC(C)C)c1ccc(F)cc1. The Balaban J connectivity index is 2.78. The standard InChI is InChI=1S/C15H24FNO/c1-11(2)17-9-15(12(3)10-18-4)13-5-7-14(16)8-6-13/h5-8,11-12,15,17H,9-10H2,1-4H3. The van der Waals surface area contributed by atoms with Gasteiger partial charge in [-0.1, -0.05) is 32.9 Å². The number of hydrogen-bond acceptors (Lipinski definition) is 2. The molecule has 102 valence electrons. The van der Waals surface area contributed by atoms with Crippen molar-refractivity contribution in [3.8, 4) is 0 Å². The number of benzene rings is 1. The Bertz CT molecular complexity index is 337. The molecule has 0 saturated heterocycles. The molecule has 0 aromatic heterocycles. The molecule has 18 heavy (non-hydrogen) atoms. The summed E-state index contributed by atoms with van der Waals surface area (Å²) in [5, 5.41) is 3.45. The van der Waals surface area contributed by atoms with Crippen LogP contribution in [0.15, 0.2) is 24.3 Å². The van der Waals surface area contributed by atoms with Crippen molar-refractivity contribution in [1.82, 2.24) is 5.32 Å². The van der Waals surface area contributed by atoms with E-state index in [1.54, 1.807) is 7.11 Å². The first-order chi connectivity index (χ1) is 8.54. The van der Waals surface area contributed by atoms with Gasteiger partial charge in [-0.15, -0.1) is 0 Å². The fourth-order valence-electron chi connectivity index (χ4n) is 2.10. The van der Waals surface area contributed by atoms with Gasteiger partial charge in [0.05, 0.1) is 0 Å². The van der Waals surface area contributed by atoms with Crippen molar-refractivity contribution in [2.24, 2.45) is 5.92 Å². The van der Waals surface area contributed by atoms with Gasteiger partial charge in [-0.25, -0.2) is 4.39 Å². The van der Waals surface area contributed by atoms with E-state index in [1.165, 1.54) is 12.1 Å². The van der Waals surface area contributed by atoms with Crippen LogP contribution < -0.4 is 5.32 Å². The first-order valence-electron chi connectivity index (χ1n) is 6.52. The quantitative estimate of drug-likeness (QED) is 0.805. The molecule has 1 rings (SSSR count). The summed E-state index contributed by atoms with van der Waals surface area (Å²) in [7, 11) is 1.72. The molecule has 0 aliphatic carbocycles. The van der Waals surface area contributed by atoms with E-state index in [9.17, 15) is 4.39 Å². The Morgan fingerprint density at radius 1 is 1.17 bits per heavy atom. The third-order valence-electron chi connectivity index (χ3n) is 3.16. The molecule has 1 N–H and O–H groups in total. The molecule has 0 spiro atoms. The molecule has 0 heterocycles. The minimum atomic E-state index is -0.186. The zero-order chi connectivity index (χ0) is 13.5. The molecule has 1 aromatic carbocycles. The second-order valence-corrected chi connectivity index (χ2v) is 5.15. The van der Waals surface area contributed by atoms with Crippen LogP contribution in [-0.2, 0) is 4.74 Å². The fourth-order valence-corrected chi connectivity index (χ4v) is 2.10. The highest BCUT2D eigenvalue weighted by Crippen LogP contribution is 2.24. The van der Waals surface area contributed by atoms with Crippen molar-refractivity contribution in [3.63, 3.8) is 0 Å². The van der Waals surface area contributed by atoms with E-state index < -0.39 is 0 Å². The summed E-state index contributed by atoms with van der Waals surface area (Å²) in [6.45, 7) is 8.01. The molecule has 2 nitrogen and oxygen atoms in total. The van der Waals surface area contributed by atoms with Gasteiger partial charge in [0, 0.05) is 32.2 Å². The van der Waals surface area contributed by atoms with Crippen LogP contribution in [0.25, 0.3) is 0 Å². The lowest BCUT2D eigenvalue weighted by Crippen LogP contribution is -2.31. The summed E-state index contributed by atoms with van der Waals surface area (Å²) in [4.78, 5) is 0. The van der Waals surface area contributed by atoms with E-state index in [2.05, 4.69) is 26.1 Å². The minimum Gasteiger partial charge on any atom is -0.384 e. The first kappa shape index (κ1) is 15.1. The van der Waals surface area contributed by atoms with Crippen molar-refractivity contribution in [2.75, 3.05) is 20.3 Å². The smallest absolute Gasteiger partial charge is 0.123 e. The number of methoxy groups -OCH3 is 1. The summed E-state index contributed by atoms with van der Waals surface area (Å²) < 4.78 is 18.2. The molecule has 0 amide bonds. The molecule has 2 unspecified atom stereocenters. The number of nitrogens with one attached hydrogen (secondary N) is 1. The Kier molecular flexibility index (Phi) is 6.30. The summed E-state index contributed by atoms with van der Waals surface area (Å²) in [5.74, 6) is 0.549. The molecule has 3 heteroatoms. The van der Waals surface area contributed by atoms with E-state index in [4.69, 9.17) is 4.74 Å². The third kappa shape index (κ3) is 4.75. The Hall–Kier alpha value is -0.930. The van der Waals surface area contributed by atoms with Gasteiger partial charge in [0.2, 0.25) is 0 Å². The molecule has 1 aromatic rings. The lowest BCUT2D eigenvalue weighted by atomic mass is 9.87. The van der Waals surface area contributed by atoms with Crippen LogP contribution in [0.2, 0.25) is 0 Å². The highest BCUT2D eigenvalue weighted by molar-refractivity contribution is 5.21. The number of hydrogen-bond donors (Lipinski definition) is 1. The monoisotopic (exact) mass is 253 g/mol. The van der Waals surface area contributed by atoms with E-state index in [1.807, 2.05) is 12.1 Å². The van der Waals surface area contributed by atoms with Crippen molar-refractivity contribution in [3.05, 3.63) is 35.6 Å². The Morgan fingerprint density at radius 3 is 2.28 bits per heavy atom. The maximum Gasteiger partial charge on any atom is 0.123 e. The van der Waals surface area contributed by atoms with Gasteiger partial charge in [0.25, 0.3) is 0 Å². The van der Waals surface area contributed by atoms with Crippen molar-refractivity contribution in [1.29, 1.82) is 0 Å². The fraction of sp³-hybridized carbons (Fsp3) is 0.600. The summed E-state index contributed by atoms with van der Waals surface area (Å²) in [6, 6.07) is 7.24. The number of rotatable bonds is 7. The Morgan fingerprint density at radius 2 is 1.78 bits per heavy atom. The van der Waals surface area contributed by atoms with Gasteiger partial charge in [-0.05, 0) is 23.6 Å². The molecule has 0 aliphatic heterocycles. The second-order valence-electron chi connectivity index (χ2n) is 5.15. The molecular formula is C15H24FNO. The van der Waals surface area contributed by atoms with E-state index in [0.717, 1.165) is 12.1 Å². The van der Waals surface area contributed by atoms with Crippen LogP contribution in [0.3, 0.4) is 0 Å². The largest absolute Gasteiger partial charge is 0.384 e. The lowest BCUT2D eigenvalue weighted by Gasteiger charge is -2.25. The van der Waals surface area contributed by atoms with E-state index >= 15 is 0 Å². The van der Waals surface area contributed by atoms with Gasteiger partial charge in [0.1, 0.15) is 5.82 Å². The average Bonchev–Trinajstić information content (AvgIpc) is 2.31. The van der Waals surface area contributed by atoms with Gasteiger partial charge < -0.3 is 10.1 Å². The van der Waals surface area contributed by atoms with Crippen LogP contribution in [0, 0.1) is 11.7 Å². The molecular weight excluding hydrogens is 229 g/mol. The highest BCUT2D eigenvalue weighted by Gasteiger charge is 2.19. The van der Waals surface area contributed by atoms with Gasteiger partial charge >= 0.3 is 0 Å². The topological polar surface area (TPSA) is 21.3 Å². The maximum absolute atomic E-state index is 13.0. The molecule has 0 saturated carbocycles. The predicted molar refractivity (Wildman–Crippen MR) is 73.3 cm³/mol. The summed E-state index contributed by atoms with van der Waals surface area (Å²) in [5.41, 5.74) is 1.16. The van der Waals surface area contributed by atoms with Crippen LogP contribution in [0.5, 0.6) is 0 Å². The minimum absolute atomic E-state index is 0.186. The first-order valence-corrected chi connectivity index (χ1v) is 6.52. The molecule has 2 atom stereocenters. The zero-order valence-corrected chi connectivity index (χ0v) is 11.7. The summed E-state index contributed by atoms with van der Waals surface area (Å²) >= 11 is 0. The van der Waals surface area contributed by atoms with E-state index in [-0.39, 0.29) is 5.82 Å². The number of ether oxygens (including phenoxy) is 1. The second kappa shape index (κ2) is 7.49. The lowest BCUT2D eigenvalue weighted by molar-refractivity contribution is 0.145. The molecule has 0 radical (unpaired) electrons. The van der Waals surface area contributed by atoms with Crippen LogP contribution in [-0.4, -0.2) is 26.3 Å². The van der Waals surface area contributed by atoms with Gasteiger partial charge in [-0.3, -0.25) is 0 Å². The predicted octanol–water partition coefficient (Wildman–Crippen LogP) is 3.19. The average molecular weight is 253 g/mol. The van der Waals surface area contributed by atoms with Gasteiger partial charge in [-0.2, -0.15) is 0 Å².